The van der Waals surface area contributed by atoms with Gasteiger partial charge >= 0.3 is 13.6 Å². The molecule has 0 saturated heterocycles. The van der Waals surface area contributed by atoms with E-state index in [-0.39, 0.29) is 0 Å². The largest absolute Gasteiger partial charge is 0.478 e. The predicted octanol–water partition coefficient (Wildman–Crippen LogP) is -0.417. The molecule has 6 nitrogen and oxygen atoms in total. The van der Waals surface area contributed by atoms with Crippen molar-refractivity contribution in [1.82, 2.24) is 4.98 Å². The van der Waals surface area contributed by atoms with Crippen LogP contribution in [0.25, 0.3) is 0 Å². The molecule has 0 unspecified atom stereocenters. The molecule has 1 aromatic rings. The minimum Gasteiger partial charge on any atom is -0.478 e. The van der Waals surface area contributed by atoms with Crippen LogP contribution in [0.2, 0.25) is 0 Å². The molecule has 0 atom stereocenters. The maximum atomic E-state index is 10.7. The first-order valence-corrected chi connectivity index (χ1v) is 4.78. The molecule has 0 fully saturated rings. The zero-order valence-electron chi connectivity index (χ0n) is 6.28. The van der Waals surface area contributed by atoms with Crippen molar-refractivity contribution in [2.24, 2.45) is 0 Å². The summed E-state index contributed by atoms with van der Waals surface area (Å²) in [5.41, 5.74) is -1.18. The van der Waals surface area contributed by atoms with E-state index in [9.17, 15) is 9.36 Å². The van der Waals surface area contributed by atoms with Gasteiger partial charge < -0.3 is 14.9 Å². The van der Waals surface area contributed by atoms with Crippen LogP contribution in [-0.4, -0.2) is 25.8 Å². The Kier molecular flexibility index (Phi) is 2.47. The van der Waals surface area contributed by atoms with Crippen LogP contribution in [0, 0.1) is 0 Å². The van der Waals surface area contributed by atoms with Gasteiger partial charge in [-0.1, -0.05) is 0 Å². The van der Waals surface area contributed by atoms with Crippen LogP contribution in [0.1, 0.15) is 10.4 Å². The summed E-state index contributed by atoms with van der Waals surface area (Å²) in [5, 5.41) is 8.55. The lowest BCUT2D eigenvalue weighted by Crippen LogP contribution is -2.18. The summed E-state index contributed by atoms with van der Waals surface area (Å²) in [4.78, 5) is 31.2. The van der Waals surface area contributed by atoms with E-state index in [0.29, 0.717) is 0 Å². The summed E-state index contributed by atoms with van der Waals surface area (Å²) in [6, 6.07) is 2.38. The van der Waals surface area contributed by atoms with E-state index >= 15 is 0 Å². The van der Waals surface area contributed by atoms with E-state index in [1.54, 1.807) is 0 Å². The molecular weight excluding hydrogens is 197 g/mol. The van der Waals surface area contributed by atoms with Crippen LogP contribution in [-0.2, 0) is 4.57 Å². The number of carboxylic acid groups (broad SMARTS) is 1. The highest BCUT2D eigenvalue weighted by Gasteiger charge is 2.25. The minimum atomic E-state index is -4.60. The fourth-order valence-corrected chi connectivity index (χ4v) is 1.50. The summed E-state index contributed by atoms with van der Waals surface area (Å²) in [7, 11) is -4.60. The predicted molar refractivity (Wildman–Crippen MR) is 42.9 cm³/mol. The van der Waals surface area contributed by atoms with Crippen molar-refractivity contribution in [2.45, 2.75) is 0 Å². The Labute approximate surface area is 73.0 Å². The van der Waals surface area contributed by atoms with E-state index in [4.69, 9.17) is 14.9 Å². The Morgan fingerprint density at radius 1 is 1.46 bits per heavy atom. The van der Waals surface area contributed by atoms with E-state index < -0.39 is 24.6 Å². The number of aromatic carboxylic acids is 1. The van der Waals surface area contributed by atoms with Crippen LogP contribution >= 0.6 is 7.60 Å². The molecule has 70 valence electrons. The van der Waals surface area contributed by atoms with Gasteiger partial charge in [0.25, 0.3) is 0 Å². The van der Waals surface area contributed by atoms with E-state index in [1.165, 1.54) is 6.07 Å². The summed E-state index contributed by atoms with van der Waals surface area (Å²) in [6.07, 6.45) is 1.13. The Morgan fingerprint density at radius 2 is 2.08 bits per heavy atom. The zero-order valence-corrected chi connectivity index (χ0v) is 7.18. The number of aromatic nitrogens is 1. The molecule has 7 heteroatoms. The van der Waals surface area contributed by atoms with E-state index in [2.05, 4.69) is 4.98 Å². The average Bonchev–Trinajstić information content (AvgIpc) is 2.03. The molecule has 1 aromatic heterocycles. The first-order chi connectivity index (χ1) is 5.93. The van der Waals surface area contributed by atoms with Gasteiger partial charge in [-0.25, -0.2) is 9.78 Å². The molecule has 0 radical (unpaired) electrons. The summed E-state index contributed by atoms with van der Waals surface area (Å²) >= 11 is 0. The van der Waals surface area contributed by atoms with Crippen LogP contribution in [0.5, 0.6) is 0 Å². The standard InChI is InChI=1S/C6H6NO5P/c8-6(9)4-2-1-3-7-5(4)13(10,11)12/h1-3H,(H,8,9)(H2,10,11,12). The monoisotopic (exact) mass is 203 g/mol. The molecule has 0 aliphatic heterocycles. The topological polar surface area (TPSA) is 108 Å². The van der Waals surface area contributed by atoms with Gasteiger partial charge in [0.1, 0.15) is 0 Å². The Balaban J connectivity index is 3.37. The zero-order chi connectivity index (χ0) is 10.1. The van der Waals surface area contributed by atoms with Crippen molar-refractivity contribution >= 4 is 19.0 Å². The van der Waals surface area contributed by atoms with E-state index in [1.807, 2.05) is 0 Å². The summed E-state index contributed by atoms with van der Waals surface area (Å²) < 4.78 is 10.7. The molecule has 0 spiro atoms. The lowest BCUT2D eigenvalue weighted by molar-refractivity contribution is 0.0697. The number of rotatable bonds is 2. The highest BCUT2D eigenvalue weighted by Crippen LogP contribution is 2.33. The van der Waals surface area contributed by atoms with Crippen molar-refractivity contribution in [3.05, 3.63) is 23.9 Å². The van der Waals surface area contributed by atoms with Crippen LogP contribution < -0.4 is 5.44 Å². The second-order valence-corrected chi connectivity index (χ2v) is 3.74. The quantitative estimate of drug-likeness (QED) is 0.563. The Hall–Kier alpha value is -1.23. The van der Waals surface area contributed by atoms with Gasteiger partial charge in [-0.2, -0.15) is 0 Å². The number of pyridine rings is 1. The Morgan fingerprint density at radius 3 is 2.46 bits per heavy atom. The second kappa shape index (κ2) is 3.26. The SMILES string of the molecule is O=C(O)c1cccnc1P(=O)(O)O. The van der Waals surface area contributed by atoms with Crippen LogP contribution in [0.3, 0.4) is 0 Å². The lowest BCUT2D eigenvalue weighted by Gasteiger charge is -2.04. The number of carboxylic acids is 1. The maximum absolute atomic E-state index is 10.7. The van der Waals surface area contributed by atoms with Crippen molar-refractivity contribution in [3.8, 4) is 0 Å². The highest BCUT2D eigenvalue weighted by atomic mass is 31.2. The number of carbonyl (C=O) groups is 1. The molecule has 0 aliphatic carbocycles. The Bertz CT molecular complexity index is 384. The van der Waals surface area contributed by atoms with Gasteiger partial charge in [-0.15, -0.1) is 0 Å². The summed E-state index contributed by atoms with van der Waals surface area (Å²) in [6.45, 7) is 0. The minimum absolute atomic E-state index is 0.476. The second-order valence-electron chi connectivity index (χ2n) is 2.22. The van der Waals surface area contributed by atoms with Crippen LogP contribution in [0.15, 0.2) is 18.3 Å². The molecule has 0 aromatic carbocycles. The molecule has 0 aliphatic rings. The molecule has 0 amide bonds. The van der Waals surface area contributed by atoms with Crippen LogP contribution in [0.4, 0.5) is 0 Å². The third kappa shape index (κ3) is 2.12. The van der Waals surface area contributed by atoms with Crippen molar-refractivity contribution in [2.75, 3.05) is 0 Å². The molecule has 3 N–H and O–H groups in total. The number of hydrogen-bond donors (Lipinski definition) is 3. The smallest absolute Gasteiger partial charge is 0.375 e. The normalized spacial score (nSPS) is 11.2. The summed E-state index contributed by atoms with van der Waals surface area (Å²) in [5.74, 6) is -1.41. The number of hydrogen-bond acceptors (Lipinski definition) is 3. The molecular formula is C6H6NO5P. The van der Waals surface area contributed by atoms with Gasteiger partial charge in [0.15, 0.2) is 5.44 Å². The molecule has 1 rings (SSSR count). The average molecular weight is 203 g/mol. The lowest BCUT2D eigenvalue weighted by atomic mass is 10.3. The fraction of sp³-hybridized carbons (Fsp3) is 0. The third-order valence-corrected chi connectivity index (χ3v) is 2.20. The van der Waals surface area contributed by atoms with E-state index in [0.717, 1.165) is 12.3 Å². The van der Waals surface area contributed by atoms with Gasteiger partial charge in [0.2, 0.25) is 0 Å². The first-order valence-electron chi connectivity index (χ1n) is 3.17. The van der Waals surface area contributed by atoms with Crippen molar-refractivity contribution in [1.29, 1.82) is 0 Å². The molecule has 0 saturated carbocycles. The number of nitrogens with zero attached hydrogens (tertiary/aromatic N) is 1. The van der Waals surface area contributed by atoms with Gasteiger partial charge in [0, 0.05) is 6.20 Å². The van der Waals surface area contributed by atoms with Gasteiger partial charge in [0.05, 0.1) is 5.56 Å². The fourth-order valence-electron chi connectivity index (χ4n) is 0.796. The first kappa shape index (κ1) is 9.85. The van der Waals surface area contributed by atoms with Crippen molar-refractivity contribution < 1.29 is 24.3 Å². The van der Waals surface area contributed by atoms with Gasteiger partial charge in [-0.3, -0.25) is 4.57 Å². The molecule has 13 heavy (non-hydrogen) atoms. The third-order valence-electron chi connectivity index (χ3n) is 1.29. The van der Waals surface area contributed by atoms with Crippen molar-refractivity contribution in [3.63, 3.8) is 0 Å². The maximum Gasteiger partial charge on any atom is 0.375 e. The van der Waals surface area contributed by atoms with Gasteiger partial charge in [-0.05, 0) is 12.1 Å². The molecule has 0 bridgehead atoms. The highest BCUT2D eigenvalue weighted by molar-refractivity contribution is 7.60. The molecule has 1 heterocycles.